The van der Waals surface area contributed by atoms with Crippen LogP contribution in [0.4, 0.5) is 10.5 Å². The molecule has 1 aromatic rings. The number of nitrogens with one attached hydrogen (secondary N) is 1. The smallest absolute Gasteiger partial charge is 0.412 e. The van der Waals surface area contributed by atoms with Crippen LogP contribution in [0.1, 0.15) is 32.8 Å². The summed E-state index contributed by atoms with van der Waals surface area (Å²) in [6.45, 7) is 6.51. The first-order valence-electron chi connectivity index (χ1n) is 9.92. The monoisotopic (exact) mass is 406 g/mol. The number of benzene rings is 1. The number of carbonyl (C=O) groups is 2. The summed E-state index contributed by atoms with van der Waals surface area (Å²) in [5, 5.41) is 3.42. The first-order chi connectivity index (χ1) is 13.4. The highest BCUT2D eigenvalue weighted by atomic mass is 28.4. The zero-order valence-corrected chi connectivity index (χ0v) is 18.3. The van der Waals surface area contributed by atoms with Gasteiger partial charge in [-0.25, -0.2) is 9.59 Å². The van der Waals surface area contributed by atoms with Crippen molar-refractivity contribution in [2.24, 2.45) is 0 Å². The lowest BCUT2D eigenvalue weighted by Crippen LogP contribution is -2.53. The number of ether oxygens (including phenoxy) is 2. The average molecular weight is 407 g/mol. The standard InChI is InChI=1S/C20H30N2O5Si/c1-6-28(7-2,8-3)27-20-13-16(17(23)25-4)22(19(24)26-5)18(20)21-15-12-10-9-11-14(15)20/h9-12,16,18,21H,6-8,13H2,1-5H3/t16-,18-,20?/m0/s1. The molecule has 1 N–H and O–H groups in total. The Morgan fingerprint density at radius 3 is 2.36 bits per heavy atom. The first kappa shape index (κ1) is 20.7. The molecule has 3 atom stereocenters. The molecule has 8 heteroatoms. The van der Waals surface area contributed by atoms with Crippen LogP contribution in [0.2, 0.25) is 18.1 Å². The normalized spacial score (nSPS) is 25.7. The number of esters is 1. The van der Waals surface area contributed by atoms with E-state index in [1.165, 1.54) is 19.1 Å². The third-order valence-electron chi connectivity index (χ3n) is 6.42. The van der Waals surface area contributed by atoms with E-state index in [9.17, 15) is 9.59 Å². The highest BCUT2D eigenvalue weighted by Crippen LogP contribution is 2.54. The predicted octanol–water partition coefficient (Wildman–Crippen LogP) is 3.67. The van der Waals surface area contributed by atoms with E-state index in [1.54, 1.807) is 0 Å². The fraction of sp³-hybridized carbons (Fsp3) is 0.600. The van der Waals surface area contributed by atoms with Crippen molar-refractivity contribution >= 4 is 26.1 Å². The average Bonchev–Trinajstić information content (AvgIpc) is 3.21. The molecule has 1 amide bonds. The maximum absolute atomic E-state index is 12.7. The molecule has 2 aliphatic heterocycles. The molecule has 1 fully saturated rings. The molecule has 0 radical (unpaired) electrons. The Morgan fingerprint density at radius 1 is 1.14 bits per heavy atom. The van der Waals surface area contributed by atoms with Crippen LogP contribution >= 0.6 is 0 Å². The molecule has 1 saturated heterocycles. The topological polar surface area (TPSA) is 77.1 Å². The number of hydrogen-bond donors (Lipinski definition) is 1. The van der Waals surface area contributed by atoms with Crippen molar-refractivity contribution in [3.63, 3.8) is 0 Å². The number of anilines is 1. The molecule has 0 saturated carbocycles. The molecular formula is C20H30N2O5Si. The molecule has 0 aromatic heterocycles. The van der Waals surface area contributed by atoms with Gasteiger partial charge in [-0.05, 0) is 24.2 Å². The van der Waals surface area contributed by atoms with Crippen LogP contribution in [0.15, 0.2) is 24.3 Å². The van der Waals surface area contributed by atoms with Crippen LogP contribution in [0.5, 0.6) is 0 Å². The van der Waals surface area contributed by atoms with Gasteiger partial charge in [0.2, 0.25) is 0 Å². The molecule has 7 nitrogen and oxygen atoms in total. The van der Waals surface area contributed by atoms with E-state index in [1.807, 2.05) is 24.3 Å². The summed E-state index contributed by atoms with van der Waals surface area (Å²) in [4.78, 5) is 26.7. The molecule has 3 rings (SSSR count). The van der Waals surface area contributed by atoms with Crippen molar-refractivity contribution in [3.8, 4) is 0 Å². The van der Waals surface area contributed by atoms with E-state index in [4.69, 9.17) is 13.9 Å². The SMILES string of the molecule is CC[Si](CC)(CC)OC12C[C@@H](C(=O)OC)N(C(=O)OC)[C@@H]1Nc1ccccc12. The molecule has 0 bridgehead atoms. The van der Waals surface area contributed by atoms with Crippen molar-refractivity contribution < 1.29 is 23.5 Å². The van der Waals surface area contributed by atoms with Crippen LogP contribution < -0.4 is 5.32 Å². The number of methoxy groups -OCH3 is 2. The van der Waals surface area contributed by atoms with Crippen molar-refractivity contribution in [1.29, 1.82) is 0 Å². The Balaban J connectivity index is 2.15. The number of nitrogens with zero attached hydrogens (tertiary/aromatic N) is 1. The molecule has 0 spiro atoms. The molecular weight excluding hydrogens is 376 g/mol. The van der Waals surface area contributed by atoms with Crippen LogP contribution in [-0.2, 0) is 24.3 Å². The summed E-state index contributed by atoms with van der Waals surface area (Å²) < 4.78 is 17.1. The fourth-order valence-electron chi connectivity index (χ4n) is 4.65. The van der Waals surface area contributed by atoms with Crippen LogP contribution in [0.3, 0.4) is 0 Å². The zero-order valence-electron chi connectivity index (χ0n) is 17.3. The minimum absolute atomic E-state index is 0.345. The molecule has 2 heterocycles. The number of rotatable bonds is 6. The summed E-state index contributed by atoms with van der Waals surface area (Å²) in [5.74, 6) is -0.459. The van der Waals surface area contributed by atoms with Crippen molar-refractivity contribution in [3.05, 3.63) is 29.8 Å². The Kier molecular flexibility index (Phi) is 5.72. The van der Waals surface area contributed by atoms with Gasteiger partial charge in [0.05, 0.1) is 14.2 Å². The van der Waals surface area contributed by atoms with Crippen LogP contribution in [-0.4, -0.2) is 51.7 Å². The Bertz CT molecular complexity index is 746. The predicted molar refractivity (Wildman–Crippen MR) is 108 cm³/mol. The van der Waals surface area contributed by atoms with Gasteiger partial charge >= 0.3 is 12.1 Å². The zero-order chi connectivity index (χ0) is 20.5. The van der Waals surface area contributed by atoms with Crippen LogP contribution in [0.25, 0.3) is 0 Å². The van der Waals surface area contributed by atoms with E-state index in [-0.39, 0.29) is 0 Å². The maximum atomic E-state index is 12.7. The molecule has 154 valence electrons. The largest absolute Gasteiger partial charge is 0.467 e. The highest BCUT2D eigenvalue weighted by molar-refractivity contribution is 6.73. The van der Waals surface area contributed by atoms with Gasteiger partial charge in [0, 0.05) is 17.7 Å². The van der Waals surface area contributed by atoms with E-state index < -0.39 is 38.2 Å². The number of fused-ring (bicyclic) bond motifs is 3. The van der Waals surface area contributed by atoms with Gasteiger partial charge in [0.15, 0.2) is 8.32 Å². The minimum atomic E-state index is -2.07. The summed E-state index contributed by atoms with van der Waals surface area (Å²) in [6.07, 6.45) is -0.737. The van der Waals surface area contributed by atoms with E-state index in [0.717, 1.165) is 29.4 Å². The lowest BCUT2D eigenvalue weighted by atomic mass is 9.91. The molecule has 0 aliphatic carbocycles. The quantitative estimate of drug-likeness (QED) is 0.574. The van der Waals surface area contributed by atoms with Gasteiger partial charge in [0.1, 0.15) is 17.8 Å². The number of para-hydroxylation sites is 1. The second kappa shape index (κ2) is 7.75. The number of likely N-dealkylation sites (tertiary alicyclic amines) is 1. The molecule has 1 unspecified atom stereocenters. The van der Waals surface area contributed by atoms with Crippen molar-refractivity contribution in [2.75, 3.05) is 19.5 Å². The lowest BCUT2D eigenvalue weighted by Gasteiger charge is -2.41. The minimum Gasteiger partial charge on any atom is -0.467 e. The van der Waals surface area contributed by atoms with Crippen molar-refractivity contribution in [2.45, 2.75) is 63.1 Å². The number of hydrogen-bond acceptors (Lipinski definition) is 6. The fourth-order valence-corrected chi connectivity index (χ4v) is 7.66. The van der Waals surface area contributed by atoms with Crippen LogP contribution in [0, 0.1) is 0 Å². The maximum Gasteiger partial charge on any atom is 0.412 e. The molecule has 1 aromatic carbocycles. The van der Waals surface area contributed by atoms with Gasteiger partial charge in [-0.3, -0.25) is 4.90 Å². The van der Waals surface area contributed by atoms with Gasteiger partial charge < -0.3 is 19.2 Å². The summed E-state index contributed by atoms with van der Waals surface area (Å²) >= 11 is 0. The summed E-state index contributed by atoms with van der Waals surface area (Å²) in [7, 11) is 0.593. The second-order valence-electron chi connectivity index (χ2n) is 7.45. The third kappa shape index (κ3) is 2.99. The van der Waals surface area contributed by atoms with E-state index in [2.05, 4.69) is 26.1 Å². The third-order valence-corrected chi connectivity index (χ3v) is 11.1. The van der Waals surface area contributed by atoms with Crippen molar-refractivity contribution in [1.82, 2.24) is 4.90 Å². The Labute approximate surface area is 167 Å². The highest BCUT2D eigenvalue weighted by Gasteiger charge is 2.64. The molecule has 28 heavy (non-hydrogen) atoms. The Morgan fingerprint density at radius 2 is 1.79 bits per heavy atom. The Hall–Kier alpha value is -2.06. The second-order valence-corrected chi connectivity index (χ2v) is 12.1. The van der Waals surface area contributed by atoms with E-state index in [0.29, 0.717) is 6.42 Å². The van der Waals surface area contributed by atoms with Gasteiger partial charge in [-0.15, -0.1) is 0 Å². The lowest BCUT2D eigenvalue weighted by molar-refractivity contribution is -0.145. The van der Waals surface area contributed by atoms with Gasteiger partial charge in [-0.2, -0.15) is 0 Å². The summed E-state index contributed by atoms with van der Waals surface area (Å²) in [5.41, 5.74) is 1.13. The van der Waals surface area contributed by atoms with Gasteiger partial charge in [-0.1, -0.05) is 39.0 Å². The first-order valence-corrected chi connectivity index (χ1v) is 12.4. The number of carbonyl (C=O) groups excluding carboxylic acids is 2. The van der Waals surface area contributed by atoms with E-state index >= 15 is 0 Å². The number of amides is 1. The molecule has 2 aliphatic rings. The van der Waals surface area contributed by atoms with Gasteiger partial charge in [0.25, 0.3) is 0 Å². The summed E-state index contributed by atoms with van der Waals surface area (Å²) in [6, 6.07) is 10.1.